The molecule has 1 saturated heterocycles. The van der Waals surface area contributed by atoms with Gasteiger partial charge in [0.15, 0.2) is 0 Å². The number of epoxide rings is 1. The maximum Gasteiger partial charge on any atom is 0.330 e. The largest absolute Gasteiger partial charge is 0.466 e. The van der Waals surface area contributed by atoms with Crippen LogP contribution in [0.2, 0.25) is 0 Å². The smallest absolute Gasteiger partial charge is 0.330 e. The second kappa shape index (κ2) is 8.38. The van der Waals surface area contributed by atoms with Crippen molar-refractivity contribution in [1.29, 1.82) is 0 Å². The van der Waals surface area contributed by atoms with Crippen molar-refractivity contribution in [2.45, 2.75) is 77.9 Å². The molecule has 0 bridgehead atoms. The van der Waals surface area contributed by atoms with Gasteiger partial charge >= 0.3 is 5.97 Å². The van der Waals surface area contributed by atoms with Gasteiger partial charge in [0, 0.05) is 6.08 Å². The van der Waals surface area contributed by atoms with Crippen LogP contribution in [0.5, 0.6) is 0 Å². The summed E-state index contributed by atoms with van der Waals surface area (Å²) >= 11 is 0. The van der Waals surface area contributed by atoms with Crippen LogP contribution in [-0.2, 0) is 14.3 Å². The van der Waals surface area contributed by atoms with E-state index in [1.165, 1.54) is 12.7 Å². The molecule has 0 unspecified atom stereocenters. The predicted molar refractivity (Wildman–Crippen MR) is 86.2 cm³/mol. The molecule has 1 fully saturated rings. The number of methoxy groups -OCH3 is 1. The van der Waals surface area contributed by atoms with Crippen molar-refractivity contribution in [3.8, 4) is 0 Å². The molecule has 21 heavy (non-hydrogen) atoms. The first-order valence-corrected chi connectivity index (χ1v) is 8.06. The SMILES string of the molecule is CC/C(=C\CC/C(C)=C/C(=O)OC)CC[C@@H]1O[C@]1(C)CC. The molecule has 0 N–H and O–H groups in total. The Morgan fingerprint density at radius 2 is 2.05 bits per heavy atom. The van der Waals surface area contributed by atoms with Crippen LogP contribution < -0.4 is 0 Å². The minimum absolute atomic E-state index is 0.138. The second-order valence-electron chi connectivity index (χ2n) is 6.08. The molecule has 1 aliphatic heterocycles. The minimum atomic E-state index is -0.267. The van der Waals surface area contributed by atoms with Crippen LogP contribution in [0.25, 0.3) is 0 Å². The lowest BCUT2D eigenvalue weighted by atomic mass is 9.97. The lowest BCUT2D eigenvalue weighted by Gasteiger charge is -2.05. The van der Waals surface area contributed by atoms with Gasteiger partial charge in [0.2, 0.25) is 0 Å². The van der Waals surface area contributed by atoms with E-state index in [0.29, 0.717) is 6.10 Å². The van der Waals surface area contributed by atoms with E-state index in [0.717, 1.165) is 44.1 Å². The van der Waals surface area contributed by atoms with Crippen LogP contribution in [0.1, 0.15) is 66.2 Å². The summed E-state index contributed by atoms with van der Waals surface area (Å²) in [5.41, 5.74) is 2.70. The number of rotatable bonds is 9. The van der Waals surface area contributed by atoms with E-state index in [1.54, 1.807) is 6.08 Å². The third kappa shape index (κ3) is 6.04. The van der Waals surface area contributed by atoms with E-state index >= 15 is 0 Å². The van der Waals surface area contributed by atoms with Crippen molar-refractivity contribution in [2.75, 3.05) is 7.11 Å². The summed E-state index contributed by atoms with van der Waals surface area (Å²) in [5, 5.41) is 0. The zero-order chi connectivity index (χ0) is 15.9. The molecule has 120 valence electrons. The van der Waals surface area contributed by atoms with Crippen molar-refractivity contribution in [3.63, 3.8) is 0 Å². The van der Waals surface area contributed by atoms with E-state index in [4.69, 9.17) is 4.74 Å². The van der Waals surface area contributed by atoms with E-state index < -0.39 is 0 Å². The first-order chi connectivity index (χ1) is 9.95. The zero-order valence-electron chi connectivity index (χ0n) is 14.2. The standard InChI is InChI=1S/C18H30O3/c1-6-15(11-12-16-18(4,7-2)21-16)10-8-9-14(3)13-17(19)20-5/h10,13,16H,6-9,11-12H2,1-5H3/b14-13+,15-10+/t16-,18+/m0/s1. The van der Waals surface area contributed by atoms with Crippen molar-refractivity contribution >= 4 is 5.97 Å². The Labute approximate surface area is 129 Å². The van der Waals surface area contributed by atoms with Crippen LogP contribution in [0.15, 0.2) is 23.3 Å². The second-order valence-corrected chi connectivity index (χ2v) is 6.08. The van der Waals surface area contributed by atoms with Gasteiger partial charge in [-0.15, -0.1) is 0 Å². The topological polar surface area (TPSA) is 38.8 Å². The van der Waals surface area contributed by atoms with Gasteiger partial charge in [0.25, 0.3) is 0 Å². The number of esters is 1. The normalized spacial score (nSPS) is 25.9. The molecule has 2 atom stereocenters. The molecular formula is C18H30O3. The minimum Gasteiger partial charge on any atom is -0.466 e. The summed E-state index contributed by atoms with van der Waals surface area (Å²) in [4.78, 5) is 11.1. The van der Waals surface area contributed by atoms with Crippen LogP contribution in [0, 0.1) is 0 Å². The predicted octanol–water partition coefficient (Wildman–Crippen LogP) is 4.57. The monoisotopic (exact) mass is 294 g/mol. The molecule has 0 amide bonds. The Balaban J connectivity index is 2.32. The molecule has 0 aromatic rings. The summed E-state index contributed by atoms with van der Waals surface area (Å²) in [7, 11) is 1.41. The Kier molecular flexibility index (Phi) is 7.16. The molecule has 1 heterocycles. The average molecular weight is 294 g/mol. The van der Waals surface area contributed by atoms with E-state index in [2.05, 4.69) is 31.6 Å². The van der Waals surface area contributed by atoms with Gasteiger partial charge in [-0.05, 0) is 52.4 Å². The first kappa shape index (κ1) is 18.0. The zero-order valence-corrected chi connectivity index (χ0v) is 14.2. The third-order valence-corrected chi connectivity index (χ3v) is 4.46. The van der Waals surface area contributed by atoms with Gasteiger partial charge in [0.05, 0.1) is 18.8 Å². The highest BCUT2D eigenvalue weighted by Crippen LogP contribution is 2.42. The number of allylic oxidation sites excluding steroid dienone is 3. The maximum absolute atomic E-state index is 11.1. The van der Waals surface area contributed by atoms with Crippen molar-refractivity contribution < 1.29 is 14.3 Å². The highest BCUT2D eigenvalue weighted by molar-refractivity contribution is 5.82. The van der Waals surface area contributed by atoms with Gasteiger partial charge < -0.3 is 9.47 Å². The number of hydrogen-bond donors (Lipinski definition) is 0. The summed E-state index contributed by atoms with van der Waals surface area (Å²) in [6, 6.07) is 0. The van der Waals surface area contributed by atoms with Gasteiger partial charge in [-0.3, -0.25) is 0 Å². The third-order valence-electron chi connectivity index (χ3n) is 4.46. The number of ether oxygens (including phenoxy) is 2. The molecule has 0 radical (unpaired) electrons. The van der Waals surface area contributed by atoms with Gasteiger partial charge in [-0.25, -0.2) is 4.79 Å². The van der Waals surface area contributed by atoms with Crippen LogP contribution in [0.3, 0.4) is 0 Å². The van der Waals surface area contributed by atoms with Crippen LogP contribution in [-0.4, -0.2) is 24.8 Å². The van der Waals surface area contributed by atoms with E-state index in [9.17, 15) is 4.79 Å². The summed E-state index contributed by atoms with van der Waals surface area (Å²) in [6.45, 7) is 8.57. The molecule has 3 nitrogen and oxygen atoms in total. The van der Waals surface area contributed by atoms with E-state index in [1.807, 2.05) is 6.92 Å². The quantitative estimate of drug-likeness (QED) is 0.270. The molecule has 1 aliphatic rings. The lowest BCUT2D eigenvalue weighted by Crippen LogP contribution is -2.07. The molecule has 3 heteroatoms. The molecule has 0 spiro atoms. The van der Waals surface area contributed by atoms with Crippen LogP contribution >= 0.6 is 0 Å². The van der Waals surface area contributed by atoms with Crippen molar-refractivity contribution in [1.82, 2.24) is 0 Å². The molecule has 0 aliphatic carbocycles. The first-order valence-electron chi connectivity index (χ1n) is 8.06. The summed E-state index contributed by atoms with van der Waals surface area (Å²) < 4.78 is 10.4. The van der Waals surface area contributed by atoms with Gasteiger partial charge in [-0.1, -0.05) is 31.1 Å². The highest BCUT2D eigenvalue weighted by Gasteiger charge is 2.49. The fraction of sp³-hybridized carbons (Fsp3) is 0.722. The van der Waals surface area contributed by atoms with Gasteiger partial charge in [-0.2, -0.15) is 0 Å². The Bertz CT molecular complexity index is 409. The number of carbonyl (C=O) groups is 1. The molecule has 0 aromatic heterocycles. The average Bonchev–Trinajstić information content (AvgIpc) is 3.13. The van der Waals surface area contributed by atoms with Gasteiger partial charge in [0.1, 0.15) is 0 Å². The van der Waals surface area contributed by atoms with Crippen LogP contribution in [0.4, 0.5) is 0 Å². The maximum atomic E-state index is 11.1. The number of carbonyl (C=O) groups excluding carboxylic acids is 1. The Morgan fingerprint density at radius 1 is 1.33 bits per heavy atom. The molecular weight excluding hydrogens is 264 g/mol. The fourth-order valence-electron chi connectivity index (χ4n) is 2.54. The number of hydrogen-bond acceptors (Lipinski definition) is 3. The fourth-order valence-corrected chi connectivity index (χ4v) is 2.54. The Hall–Kier alpha value is -1.09. The lowest BCUT2D eigenvalue weighted by molar-refractivity contribution is -0.134. The summed E-state index contributed by atoms with van der Waals surface area (Å²) in [6.07, 6.45) is 10.7. The van der Waals surface area contributed by atoms with E-state index in [-0.39, 0.29) is 11.6 Å². The Morgan fingerprint density at radius 3 is 2.57 bits per heavy atom. The van der Waals surface area contributed by atoms with Crippen molar-refractivity contribution in [2.24, 2.45) is 0 Å². The summed E-state index contributed by atoms with van der Waals surface area (Å²) in [5.74, 6) is -0.267. The molecule has 0 aromatic carbocycles. The molecule has 1 rings (SSSR count). The highest BCUT2D eigenvalue weighted by atomic mass is 16.6. The van der Waals surface area contributed by atoms with Crippen molar-refractivity contribution in [3.05, 3.63) is 23.3 Å². The molecule has 0 saturated carbocycles.